The van der Waals surface area contributed by atoms with Crippen molar-refractivity contribution in [1.29, 1.82) is 0 Å². The summed E-state index contributed by atoms with van der Waals surface area (Å²) in [5.41, 5.74) is 4.54. The first-order valence-corrected chi connectivity index (χ1v) is 9.75. The lowest BCUT2D eigenvalue weighted by Crippen LogP contribution is -2.08. The minimum absolute atomic E-state index is 0.367. The smallest absolute Gasteiger partial charge is 0.343 e. The Labute approximate surface area is 165 Å². The van der Waals surface area contributed by atoms with Crippen LogP contribution in [0.4, 0.5) is 0 Å². The second-order valence-corrected chi connectivity index (χ2v) is 7.64. The van der Waals surface area contributed by atoms with Crippen LogP contribution in [0.25, 0.3) is 26.4 Å². The summed E-state index contributed by atoms with van der Waals surface area (Å²) in [7, 11) is 0. The molecule has 5 heteroatoms. The van der Waals surface area contributed by atoms with Gasteiger partial charge in [0.15, 0.2) is 4.96 Å². The van der Waals surface area contributed by atoms with Gasteiger partial charge in [0.2, 0.25) is 0 Å². The molecule has 0 radical (unpaired) electrons. The van der Waals surface area contributed by atoms with E-state index in [2.05, 4.69) is 16.5 Å². The highest BCUT2D eigenvalue weighted by molar-refractivity contribution is 7.23. The quantitative estimate of drug-likeness (QED) is 0.294. The van der Waals surface area contributed by atoms with Gasteiger partial charge in [-0.05, 0) is 43.3 Å². The predicted molar refractivity (Wildman–Crippen MR) is 112 cm³/mol. The number of benzene rings is 3. The zero-order valence-electron chi connectivity index (χ0n) is 15.1. The molecule has 28 heavy (non-hydrogen) atoms. The Balaban J connectivity index is 1.46. The van der Waals surface area contributed by atoms with Crippen molar-refractivity contribution < 1.29 is 9.53 Å². The molecule has 0 atom stereocenters. The van der Waals surface area contributed by atoms with Crippen LogP contribution >= 0.6 is 11.3 Å². The Kier molecular flexibility index (Phi) is 3.95. The van der Waals surface area contributed by atoms with Gasteiger partial charge in [0.05, 0.1) is 21.5 Å². The topological polar surface area (TPSA) is 43.6 Å². The fraction of sp³-hybridized carbons (Fsp3) is 0.0435. The Morgan fingerprint density at radius 3 is 2.68 bits per heavy atom. The van der Waals surface area contributed by atoms with Crippen LogP contribution in [0.15, 0.2) is 79.0 Å². The molecule has 0 bridgehead atoms. The highest BCUT2D eigenvalue weighted by Gasteiger charge is 2.12. The molecule has 0 amide bonds. The molecule has 0 fully saturated rings. The third kappa shape index (κ3) is 2.96. The maximum atomic E-state index is 12.4. The van der Waals surface area contributed by atoms with Crippen molar-refractivity contribution in [2.24, 2.45) is 0 Å². The zero-order chi connectivity index (χ0) is 19.1. The molecule has 0 saturated heterocycles. The first kappa shape index (κ1) is 16.7. The summed E-state index contributed by atoms with van der Waals surface area (Å²) in [6.45, 7) is 1.98. The number of aromatic nitrogens is 2. The first-order chi connectivity index (χ1) is 13.7. The molecule has 2 aromatic heterocycles. The normalized spacial score (nSPS) is 11.2. The number of carbonyl (C=O) groups is 1. The van der Waals surface area contributed by atoms with Gasteiger partial charge in [0.1, 0.15) is 5.75 Å². The monoisotopic (exact) mass is 384 g/mol. The van der Waals surface area contributed by atoms with Crippen molar-refractivity contribution in [3.63, 3.8) is 0 Å². The van der Waals surface area contributed by atoms with Gasteiger partial charge in [0, 0.05) is 11.8 Å². The van der Waals surface area contributed by atoms with Crippen LogP contribution in [0.1, 0.15) is 15.9 Å². The summed E-state index contributed by atoms with van der Waals surface area (Å²) in [6, 6.07) is 23.1. The van der Waals surface area contributed by atoms with Crippen molar-refractivity contribution in [3.8, 4) is 17.0 Å². The average Bonchev–Trinajstić information content (AvgIpc) is 3.27. The number of nitrogens with zero attached hydrogens (tertiary/aromatic N) is 2. The molecule has 5 aromatic rings. The molecule has 0 aliphatic carbocycles. The van der Waals surface area contributed by atoms with Crippen LogP contribution in [-0.2, 0) is 0 Å². The second-order valence-electron chi connectivity index (χ2n) is 6.63. The SMILES string of the molecule is Cc1ccc(C(=O)Oc2cccc(-c3cn4c(n3)sc3ccccc34)c2)cc1. The van der Waals surface area contributed by atoms with E-state index in [-0.39, 0.29) is 5.97 Å². The van der Waals surface area contributed by atoms with Gasteiger partial charge in [-0.25, -0.2) is 9.78 Å². The van der Waals surface area contributed by atoms with E-state index < -0.39 is 0 Å². The lowest BCUT2D eigenvalue weighted by atomic mass is 10.1. The summed E-state index contributed by atoms with van der Waals surface area (Å²) >= 11 is 1.66. The molecule has 0 aliphatic heterocycles. The predicted octanol–water partition coefficient (Wildman–Crippen LogP) is 5.74. The molecule has 0 unspecified atom stereocenters. The van der Waals surface area contributed by atoms with Crippen molar-refractivity contribution in [3.05, 3.63) is 90.1 Å². The Bertz CT molecular complexity index is 1320. The maximum absolute atomic E-state index is 12.4. The van der Waals surface area contributed by atoms with E-state index in [0.717, 1.165) is 27.3 Å². The lowest BCUT2D eigenvalue weighted by molar-refractivity contribution is 0.0735. The van der Waals surface area contributed by atoms with Gasteiger partial charge in [-0.15, -0.1) is 0 Å². The van der Waals surface area contributed by atoms with Crippen molar-refractivity contribution in [1.82, 2.24) is 9.38 Å². The Morgan fingerprint density at radius 1 is 1.00 bits per heavy atom. The highest BCUT2D eigenvalue weighted by Crippen LogP contribution is 2.30. The van der Waals surface area contributed by atoms with Crippen molar-refractivity contribution >= 4 is 32.5 Å². The van der Waals surface area contributed by atoms with Gasteiger partial charge in [-0.3, -0.25) is 4.40 Å². The fourth-order valence-corrected chi connectivity index (χ4v) is 4.17. The first-order valence-electron chi connectivity index (χ1n) is 8.93. The van der Waals surface area contributed by atoms with Crippen molar-refractivity contribution in [2.45, 2.75) is 6.92 Å². The molecular formula is C23H16N2O2S. The number of para-hydroxylation sites is 1. The summed E-state index contributed by atoms with van der Waals surface area (Å²) in [5, 5.41) is 0. The van der Waals surface area contributed by atoms with E-state index in [0.29, 0.717) is 11.3 Å². The molecule has 0 spiro atoms. The van der Waals surface area contributed by atoms with Crippen LogP contribution in [0.5, 0.6) is 5.75 Å². The number of fused-ring (bicyclic) bond motifs is 3. The molecule has 5 rings (SSSR count). The van der Waals surface area contributed by atoms with E-state index in [4.69, 9.17) is 9.72 Å². The second kappa shape index (κ2) is 6.62. The molecular weight excluding hydrogens is 368 g/mol. The minimum Gasteiger partial charge on any atom is -0.423 e. The average molecular weight is 384 g/mol. The third-order valence-corrected chi connectivity index (χ3v) is 5.66. The molecule has 4 nitrogen and oxygen atoms in total. The highest BCUT2D eigenvalue weighted by atomic mass is 32.1. The van der Waals surface area contributed by atoms with E-state index in [1.165, 1.54) is 4.70 Å². The number of hydrogen-bond acceptors (Lipinski definition) is 4. The number of thiazole rings is 1. The van der Waals surface area contributed by atoms with E-state index in [1.54, 1.807) is 29.5 Å². The van der Waals surface area contributed by atoms with Gasteiger partial charge < -0.3 is 4.74 Å². The van der Waals surface area contributed by atoms with Crippen LogP contribution < -0.4 is 4.74 Å². The standard InChI is InChI=1S/C23H16N2O2S/c1-15-9-11-16(12-10-15)22(26)27-18-6-4-5-17(13-18)19-14-25-20-7-2-3-8-21(20)28-23(25)24-19/h2-14H,1H3. The summed E-state index contributed by atoms with van der Waals surface area (Å²) < 4.78 is 8.86. The number of imidazole rings is 1. The maximum Gasteiger partial charge on any atom is 0.343 e. The van der Waals surface area contributed by atoms with Gasteiger partial charge >= 0.3 is 5.97 Å². The van der Waals surface area contributed by atoms with Gasteiger partial charge in [-0.1, -0.05) is 53.3 Å². The summed E-state index contributed by atoms with van der Waals surface area (Å²) in [4.78, 5) is 18.1. The summed E-state index contributed by atoms with van der Waals surface area (Å²) in [5.74, 6) is 0.137. The summed E-state index contributed by atoms with van der Waals surface area (Å²) in [6.07, 6.45) is 2.02. The number of carbonyl (C=O) groups excluding carboxylic acids is 1. The molecule has 2 heterocycles. The van der Waals surface area contributed by atoms with Gasteiger partial charge in [-0.2, -0.15) is 0 Å². The fourth-order valence-electron chi connectivity index (χ4n) is 3.16. The third-order valence-electron chi connectivity index (χ3n) is 4.63. The zero-order valence-corrected chi connectivity index (χ0v) is 15.9. The number of rotatable bonds is 3. The molecule has 0 aliphatic rings. The number of ether oxygens (including phenoxy) is 1. The van der Waals surface area contributed by atoms with E-state index in [1.807, 2.05) is 55.6 Å². The molecule has 136 valence electrons. The van der Waals surface area contributed by atoms with E-state index >= 15 is 0 Å². The van der Waals surface area contributed by atoms with Gasteiger partial charge in [0.25, 0.3) is 0 Å². The van der Waals surface area contributed by atoms with Crippen LogP contribution in [0.3, 0.4) is 0 Å². The van der Waals surface area contributed by atoms with Crippen molar-refractivity contribution in [2.75, 3.05) is 0 Å². The molecule has 0 N–H and O–H groups in total. The number of hydrogen-bond donors (Lipinski definition) is 0. The molecule has 0 saturated carbocycles. The minimum atomic E-state index is -0.367. The van der Waals surface area contributed by atoms with E-state index in [9.17, 15) is 4.79 Å². The van der Waals surface area contributed by atoms with Crippen LogP contribution in [-0.4, -0.2) is 15.4 Å². The Hall–Kier alpha value is -3.44. The molecule has 3 aromatic carbocycles. The van der Waals surface area contributed by atoms with Crippen LogP contribution in [0.2, 0.25) is 0 Å². The number of esters is 1. The number of aryl methyl sites for hydroxylation is 1. The van der Waals surface area contributed by atoms with Crippen LogP contribution in [0, 0.1) is 6.92 Å². The lowest BCUT2D eigenvalue weighted by Gasteiger charge is -2.06. The largest absolute Gasteiger partial charge is 0.423 e. The Morgan fingerprint density at radius 2 is 1.82 bits per heavy atom.